The minimum Gasteiger partial charge on any atom is -0.310 e. The van der Waals surface area contributed by atoms with E-state index in [2.05, 4.69) is 12.2 Å². The van der Waals surface area contributed by atoms with Crippen molar-refractivity contribution < 1.29 is 8.42 Å². The molecule has 4 nitrogen and oxygen atoms in total. The molecule has 0 aliphatic carbocycles. The molecule has 5 heteroatoms. The van der Waals surface area contributed by atoms with Gasteiger partial charge in [0.15, 0.2) is 0 Å². The third kappa shape index (κ3) is 5.09. The minimum absolute atomic E-state index is 0.149. The zero-order chi connectivity index (χ0) is 15.9. The Balaban J connectivity index is 2.90. The van der Waals surface area contributed by atoms with Crippen molar-refractivity contribution in [2.24, 2.45) is 0 Å². The monoisotopic (exact) mass is 312 g/mol. The molecular weight excluding hydrogens is 284 g/mol. The van der Waals surface area contributed by atoms with Crippen LogP contribution in [0.3, 0.4) is 0 Å². The predicted octanol–water partition coefficient (Wildman–Crippen LogP) is 3.17. The molecule has 1 N–H and O–H groups in total. The van der Waals surface area contributed by atoms with Crippen LogP contribution in [0.5, 0.6) is 0 Å². The number of sulfonamides is 1. The van der Waals surface area contributed by atoms with Gasteiger partial charge in [-0.1, -0.05) is 38.8 Å². The van der Waals surface area contributed by atoms with Gasteiger partial charge in [0.2, 0.25) is 10.0 Å². The van der Waals surface area contributed by atoms with Crippen LogP contribution >= 0.6 is 0 Å². The summed E-state index contributed by atoms with van der Waals surface area (Å²) in [5, 5.41) is 3.30. The quantitative estimate of drug-likeness (QED) is 0.713. The van der Waals surface area contributed by atoms with E-state index in [1.165, 1.54) is 4.31 Å². The first-order chi connectivity index (χ1) is 9.93. The van der Waals surface area contributed by atoms with Crippen molar-refractivity contribution in [1.29, 1.82) is 0 Å². The Hall–Kier alpha value is -0.910. The van der Waals surface area contributed by atoms with Crippen molar-refractivity contribution in [3.05, 3.63) is 29.8 Å². The lowest BCUT2D eigenvalue weighted by Gasteiger charge is -2.19. The van der Waals surface area contributed by atoms with Gasteiger partial charge < -0.3 is 5.32 Å². The van der Waals surface area contributed by atoms with Crippen molar-refractivity contribution >= 4 is 10.0 Å². The van der Waals surface area contributed by atoms with E-state index >= 15 is 0 Å². The molecule has 0 amide bonds. The summed E-state index contributed by atoms with van der Waals surface area (Å²) in [7, 11) is -1.73. The third-order valence-corrected chi connectivity index (χ3v) is 5.51. The highest BCUT2D eigenvalue weighted by Crippen LogP contribution is 2.20. The van der Waals surface area contributed by atoms with Crippen LogP contribution in [0.15, 0.2) is 29.2 Å². The maximum Gasteiger partial charge on any atom is 0.242 e. The maximum atomic E-state index is 12.6. The number of hydrogen-bond donors (Lipinski definition) is 1. The third-order valence-electron chi connectivity index (χ3n) is 3.65. The molecule has 120 valence electrons. The molecular formula is C16H28N2O2S. The highest BCUT2D eigenvalue weighted by Gasteiger charge is 2.21. The van der Waals surface area contributed by atoms with E-state index in [0.717, 1.165) is 31.4 Å². The van der Waals surface area contributed by atoms with Crippen LogP contribution in [0.4, 0.5) is 0 Å². The smallest absolute Gasteiger partial charge is 0.242 e. The van der Waals surface area contributed by atoms with E-state index in [-0.39, 0.29) is 6.04 Å². The molecule has 0 saturated carbocycles. The Bertz CT molecular complexity index is 529. The molecule has 0 spiro atoms. The lowest BCUT2D eigenvalue weighted by molar-refractivity contribution is 0.454. The number of hydrogen-bond acceptors (Lipinski definition) is 3. The molecule has 1 aromatic carbocycles. The summed E-state index contributed by atoms with van der Waals surface area (Å²) in [5.74, 6) is 0. The summed E-state index contributed by atoms with van der Waals surface area (Å²) in [6, 6.07) is 7.38. The fourth-order valence-electron chi connectivity index (χ4n) is 2.25. The van der Waals surface area contributed by atoms with Gasteiger partial charge >= 0.3 is 0 Å². The molecule has 21 heavy (non-hydrogen) atoms. The number of rotatable bonds is 9. The van der Waals surface area contributed by atoms with Gasteiger partial charge in [0.25, 0.3) is 0 Å². The average Bonchev–Trinajstić information content (AvgIpc) is 2.47. The lowest BCUT2D eigenvalue weighted by Crippen LogP contribution is -2.28. The molecule has 0 aliphatic heterocycles. The minimum atomic E-state index is -3.38. The Morgan fingerprint density at radius 2 is 1.95 bits per heavy atom. The largest absolute Gasteiger partial charge is 0.310 e. The second-order valence-electron chi connectivity index (χ2n) is 5.39. The second-order valence-corrected chi connectivity index (χ2v) is 7.43. The summed E-state index contributed by atoms with van der Waals surface area (Å²) in [5.41, 5.74) is 1.000. The van der Waals surface area contributed by atoms with Crippen molar-refractivity contribution in [3.63, 3.8) is 0 Å². The van der Waals surface area contributed by atoms with Crippen LogP contribution in [0.2, 0.25) is 0 Å². The Kier molecular flexibility index (Phi) is 7.35. The van der Waals surface area contributed by atoms with Crippen LogP contribution in [0.25, 0.3) is 0 Å². The SMILES string of the molecule is CCCCCN(C)S(=O)(=O)c1cccc(C(C)NCC)c1. The van der Waals surface area contributed by atoms with Crippen molar-refractivity contribution in [2.75, 3.05) is 20.1 Å². The predicted molar refractivity (Wildman–Crippen MR) is 87.9 cm³/mol. The number of unbranched alkanes of at least 4 members (excludes halogenated alkanes) is 2. The fourth-order valence-corrected chi connectivity index (χ4v) is 3.52. The summed E-state index contributed by atoms with van der Waals surface area (Å²) in [6.07, 6.45) is 3.04. The van der Waals surface area contributed by atoms with Crippen LogP contribution in [0, 0.1) is 0 Å². The highest BCUT2D eigenvalue weighted by atomic mass is 32.2. The fraction of sp³-hybridized carbons (Fsp3) is 0.625. The Morgan fingerprint density at radius 1 is 1.24 bits per heavy atom. The van der Waals surface area contributed by atoms with Gasteiger partial charge in [0, 0.05) is 19.6 Å². The molecule has 0 bridgehead atoms. The average molecular weight is 312 g/mol. The molecule has 0 radical (unpaired) electrons. The first-order valence-electron chi connectivity index (χ1n) is 7.73. The van der Waals surface area contributed by atoms with E-state index < -0.39 is 10.0 Å². The summed E-state index contributed by atoms with van der Waals surface area (Å²) in [6.45, 7) is 7.62. The molecule has 0 heterocycles. The molecule has 0 aliphatic rings. The zero-order valence-electron chi connectivity index (χ0n) is 13.6. The van der Waals surface area contributed by atoms with Crippen molar-refractivity contribution in [3.8, 4) is 0 Å². The van der Waals surface area contributed by atoms with Gasteiger partial charge in [-0.25, -0.2) is 12.7 Å². The van der Waals surface area contributed by atoms with Crippen molar-refractivity contribution in [2.45, 2.75) is 51.0 Å². The Morgan fingerprint density at radius 3 is 2.57 bits per heavy atom. The van der Waals surface area contributed by atoms with Crippen LogP contribution in [0.1, 0.15) is 51.6 Å². The number of nitrogens with zero attached hydrogens (tertiary/aromatic N) is 1. The Labute approximate surface area is 129 Å². The summed E-state index contributed by atoms with van der Waals surface area (Å²) >= 11 is 0. The molecule has 1 unspecified atom stereocenters. The molecule has 0 saturated heterocycles. The first kappa shape index (κ1) is 18.1. The van der Waals surface area contributed by atoms with Gasteiger partial charge in [-0.2, -0.15) is 0 Å². The summed E-state index contributed by atoms with van der Waals surface area (Å²) < 4.78 is 26.6. The van der Waals surface area contributed by atoms with Crippen LogP contribution in [-0.2, 0) is 10.0 Å². The van der Waals surface area contributed by atoms with E-state index in [1.54, 1.807) is 19.2 Å². The lowest BCUT2D eigenvalue weighted by atomic mass is 10.1. The number of benzene rings is 1. The van der Waals surface area contributed by atoms with E-state index in [4.69, 9.17) is 0 Å². The zero-order valence-corrected chi connectivity index (χ0v) is 14.4. The maximum absolute atomic E-state index is 12.6. The highest BCUT2D eigenvalue weighted by molar-refractivity contribution is 7.89. The molecule has 1 rings (SSSR count). The normalized spacial score (nSPS) is 13.6. The van der Waals surface area contributed by atoms with E-state index in [9.17, 15) is 8.42 Å². The van der Waals surface area contributed by atoms with Gasteiger partial charge in [-0.3, -0.25) is 0 Å². The van der Waals surface area contributed by atoms with Crippen LogP contribution in [-0.4, -0.2) is 32.9 Å². The second kappa shape index (κ2) is 8.51. The van der Waals surface area contributed by atoms with Crippen molar-refractivity contribution in [1.82, 2.24) is 9.62 Å². The number of nitrogens with one attached hydrogen (secondary N) is 1. The van der Waals surface area contributed by atoms with Gasteiger partial charge in [-0.15, -0.1) is 0 Å². The van der Waals surface area contributed by atoms with E-state index in [0.29, 0.717) is 11.4 Å². The van der Waals surface area contributed by atoms with E-state index in [1.807, 2.05) is 26.0 Å². The topological polar surface area (TPSA) is 49.4 Å². The molecule has 0 aromatic heterocycles. The van der Waals surface area contributed by atoms with Crippen LogP contribution < -0.4 is 5.32 Å². The van der Waals surface area contributed by atoms with Gasteiger partial charge in [0.1, 0.15) is 0 Å². The standard InChI is InChI=1S/C16H28N2O2S/c1-5-7-8-12-18(4)21(19,20)16-11-9-10-15(13-16)14(3)17-6-2/h9-11,13-14,17H,5-8,12H2,1-4H3. The van der Waals surface area contributed by atoms with Gasteiger partial charge in [0.05, 0.1) is 4.90 Å². The molecule has 0 fully saturated rings. The molecule has 1 aromatic rings. The summed E-state index contributed by atoms with van der Waals surface area (Å²) in [4.78, 5) is 0.378. The van der Waals surface area contributed by atoms with Gasteiger partial charge in [-0.05, 0) is 37.6 Å². The first-order valence-corrected chi connectivity index (χ1v) is 9.17. The molecule has 1 atom stereocenters.